The molecule has 0 aliphatic heterocycles. The molecule has 0 aliphatic rings. The number of hydrogen-bond acceptors (Lipinski definition) is 5. The Morgan fingerprint density at radius 3 is 2.47 bits per heavy atom. The first-order chi connectivity index (χ1) is 8.81. The van der Waals surface area contributed by atoms with Crippen molar-refractivity contribution < 1.29 is 24.4 Å². The molecule has 0 radical (unpaired) electrons. The molecule has 0 aromatic carbocycles. The number of carbonyl (C=O) groups is 3. The maximum Gasteiger partial charge on any atom is 0.323 e. The first-order valence-corrected chi connectivity index (χ1v) is 4.93. The topological polar surface area (TPSA) is 160 Å². The molecule has 0 atom stereocenters. The van der Waals surface area contributed by atoms with Crippen molar-refractivity contribution in [1.82, 2.24) is 9.88 Å². The van der Waals surface area contributed by atoms with E-state index in [-0.39, 0.29) is 11.4 Å². The highest BCUT2D eigenvalue weighted by Gasteiger charge is 2.23. The molecule has 0 spiro atoms. The second-order valence-corrected chi connectivity index (χ2v) is 3.55. The Kier molecular flexibility index (Phi) is 4.19. The Balaban J connectivity index is 2.93. The van der Waals surface area contributed by atoms with Gasteiger partial charge in [-0.25, -0.2) is 0 Å². The van der Waals surface area contributed by atoms with Crippen LogP contribution in [0.1, 0.15) is 10.5 Å². The van der Waals surface area contributed by atoms with E-state index in [9.17, 15) is 24.5 Å². The van der Waals surface area contributed by atoms with E-state index in [1.54, 1.807) is 0 Å². The Bertz CT molecular complexity index is 521. The fourth-order valence-corrected chi connectivity index (χ4v) is 1.33. The number of primary amides is 1. The third-order valence-corrected chi connectivity index (χ3v) is 2.07. The lowest BCUT2D eigenvalue weighted by atomic mass is 10.3. The van der Waals surface area contributed by atoms with Gasteiger partial charge in [0.1, 0.15) is 18.8 Å². The van der Waals surface area contributed by atoms with E-state index in [1.807, 2.05) is 0 Å². The molecule has 10 heteroatoms. The largest absolute Gasteiger partial charge is 0.480 e. The molecule has 19 heavy (non-hydrogen) atoms. The first-order valence-electron chi connectivity index (χ1n) is 4.93. The van der Waals surface area contributed by atoms with Gasteiger partial charge in [0.15, 0.2) is 0 Å². The molecule has 0 aliphatic carbocycles. The van der Waals surface area contributed by atoms with E-state index in [2.05, 4.69) is 4.98 Å². The highest BCUT2D eigenvalue weighted by atomic mass is 16.6. The lowest BCUT2D eigenvalue weighted by Gasteiger charge is -2.17. The normalized spacial score (nSPS) is 9.89. The van der Waals surface area contributed by atoms with E-state index in [0.29, 0.717) is 4.90 Å². The van der Waals surface area contributed by atoms with Crippen molar-refractivity contribution in [3.05, 3.63) is 28.1 Å². The summed E-state index contributed by atoms with van der Waals surface area (Å²) in [7, 11) is 0. The van der Waals surface area contributed by atoms with Gasteiger partial charge in [0.05, 0.1) is 11.1 Å². The fourth-order valence-electron chi connectivity index (χ4n) is 1.33. The van der Waals surface area contributed by atoms with Crippen LogP contribution in [0.15, 0.2) is 12.3 Å². The van der Waals surface area contributed by atoms with Crippen molar-refractivity contribution in [2.75, 3.05) is 13.1 Å². The standard InChI is InChI=1S/C9H10N4O6/c10-7(14)3-12(4-8(15)16)9(17)6-1-5(2-11-6)13(18)19/h1-2,11H,3-4H2,(H2,10,14)(H,15,16). The van der Waals surface area contributed by atoms with Gasteiger partial charge in [0.2, 0.25) is 5.91 Å². The van der Waals surface area contributed by atoms with Gasteiger partial charge in [0.25, 0.3) is 11.6 Å². The van der Waals surface area contributed by atoms with Gasteiger partial charge in [-0.1, -0.05) is 0 Å². The second kappa shape index (κ2) is 5.62. The number of carboxylic acid groups (broad SMARTS) is 1. The molecular formula is C9H10N4O6. The molecule has 4 N–H and O–H groups in total. The van der Waals surface area contributed by atoms with Crippen molar-refractivity contribution in [2.45, 2.75) is 0 Å². The highest BCUT2D eigenvalue weighted by Crippen LogP contribution is 2.13. The van der Waals surface area contributed by atoms with E-state index in [0.717, 1.165) is 12.3 Å². The average molecular weight is 270 g/mol. The quantitative estimate of drug-likeness (QED) is 0.441. The summed E-state index contributed by atoms with van der Waals surface area (Å²) in [5.74, 6) is -3.10. The summed E-state index contributed by atoms with van der Waals surface area (Å²) in [6.07, 6.45) is 0.983. The van der Waals surface area contributed by atoms with Crippen LogP contribution in [0.3, 0.4) is 0 Å². The minimum atomic E-state index is -1.34. The highest BCUT2D eigenvalue weighted by molar-refractivity contribution is 5.97. The predicted molar refractivity (Wildman–Crippen MR) is 60.2 cm³/mol. The van der Waals surface area contributed by atoms with Gasteiger partial charge in [-0.2, -0.15) is 0 Å². The van der Waals surface area contributed by atoms with Crippen molar-refractivity contribution >= 4 is 23.5 Å². The number of rotatable bonds is 6. The summed E-state index contributed by atoms with van der Waals surface area (Å²) >= 11 is 0. The monoisotopic (exact) mass is 270 g/mol. The van der Waals surface area contributed by atoms with Crippen molar-refractivity contribution in [3.8, 4) is 0 Å². The third kappa shape index (κ3) is 3.80. The molecule has 2 amide bonds. The van der Waals surface area contributed by atoms with Gasteiger partial charge in [-0.15, -0.1) is 0 Å². The number of nitro groups is 1. The number of carbonyl (C=O) groups excluding carboxylic acids is 2. The van der Waals surface area contributed by atoms with Crippen molar-refractivity contribution in [3.63, 3.8) is 0 Å². The van der Waals surface area contributed by atoms with Crippen LogP contribution >= 0.6 is 0 Å². The van der Waals surface area contributed by atoms with E-state index in [1.165, 1.54) is 0 Å². The molecule has 10 nitrogen and oxygen atoms in total. The molecule has 0 saturated carbocycles. The average Bonchev–Trinajstić information content (AvgIpc) is 2.75. The lowest BCUT2D eigenvalue weighted by molar-refractivity contribution is -0.384. The minimum Gasteiger partial charge on any atom is -0.480 e. The summed E-state index contributed by atoms with van der Waals surface area (Å²) in [6, 6.07) is 0.943. The van der Waals surface area contributed by atoms with Gasteiger partial charge in [-0.05, 0) is 0 Å². The zero-order valence-electron chi connectivity index (χ0n) is 9.53. The first kappa shape index (κ1) is 14.2. The summed E-state index contributed by atoms with van der Waals surface area (Å²) < 4.78 is 0. The van der Waals surface area contributed by atoms with Gasteiger partial charge < -0.3 is 20.7 Å². The molecule has 0 bridgehead atoms. The Hall–Kier alpha value is -2.91. The van der Waals surface area contributed by atoms with Crippen LogP contribution in [0.5, 0.6) is 0 Å². The fraction of sp³-hybridized carbons (Fsp3) is 0.222. The number of amides is 2. The van der Waals surface area contributed by atoms with Crippen LogP contribution in [0.2, 0.25) is 0 Å². The van der Waals surface area contributed by atoms with E-state index < -0.39 is 35.8 Å². The van der Waals surface area contributed by atoms with Crippen molar-refractivity contribution in [1.29, 1.82) is 0 Å². The molecular weight excluding hydrogens is 260 g/mol. The zero-order chi connectivity index (χ0) is 14.6. The number of nitrogens with zero attached hydrogens (tertiary/aromatic N) is 2. The second-order valence-electron chi connectivity index (χ2n) is 3.55. The van der Waals surface area contributed by atoms with Gasteiger partial charge >= 0.3 is 5.97 Å². The van der Waals surface area contributed by atoms with Crippen LogP contribution in [0, 0.1) is 10.1 Å². The number of H-pyrrole nitrogens is 1. The molecule has 1 aromatic rings. The van der Waals surface area contributed by atoms with Crippen LogP contribution in [-0.2, 0) is 9.59 Å². The number of aromatic amines is 1. The Morgan fingerprint density at radius 2 is 2.05 bits per heavy atom. The van der Waals surface area contributed by atoms with Gasteiger partial charge in [0, 0.05) is 6.07 Å². The Morgan fingerprint density at radius 1 is 1.42 bits per heavy atom. The number of nitrogens with one attached hydrogen (secondary N) is 1. The van der Waals surface area contributed by atoms with Crippen LogP contribution < -0.4 is 5.73 Å². The van der Waals surface area contributed by atoms with Crippen molar-refractivity contribution in [2.24, 2.45) is 5.73 Å². The molecule has 1 rings (SSSR count). The summed E-state index contributed by atoms with van der Waals surface area (Å²) in [6.45, 7) is -1.34. The van der Waals surface area contributed by atoms with Crippen LogP contribution in [0.25, 0.3) is 0 Å². The maximum absolute atomic E-state index is 11.9. The number of aromatic nitrogens is 1. The van der Waals surface area contributed by atoms with Gasteiger partial charge in [-0.3, -0.25) is 24.5 Å². The van der Waals surface area contributed by atoms with E-state index >= 15 is 0 Å². The molecule has 0 unspecified atom stereocenters. The zero-order valence-corrected chi connectivity index (χ0v) is 9.53. The predicted octanol–water partition coefficient (Wildman–Crippen LogP) is -1.06. The minimum absolute atomic E-state index is 0.200. The molecule has 102 valence electrons. The molecule has 1 heterocycles. The summed E-state index contributed by atoms with van der Waals surface area (Å²) in [5.41, 5.74) is 4.35. The maximum atomic E-state index is 11.9. The number of hydrogen-bond donors (Lipinski definition) is 3. The number of aliphatic carboxylic acids is 1. The molecule has 1 aromatic heterocycles. The number of nitrogens with two attached hydrogens (primary N) is 1. The lowest BCUT2D eigenvalue weighted by Crippen LogP contribution is -2.41. The Labute approximate surface area is 105 Å². The molecule has 0 saturated heterocycles. The van der Waals surface area contributed by atoms with Crippen LogP contribution in [0.4, 0.5) is 5.69 Å². The summed E-state index contributed by atoms with van der Waals surface area (Å²) in [5, 5.41) is 19.1. The molecule has 0 fully saturated rings. The summed E-state index contributed by atoms with van der Waals surface area (Å²) in [4.78, 5) is 45.9. The van der Waals surface area contributed by atoms with Crippen LogP contribution in [-0.4, -0.2) is 50.8 Å². The number of carboxylic acids is 1. The van der Waals surface area contributed by atoms with E-state index in [4.69, 9.17) is 10.8 Å². The third-order valence-electron chi connectivity index (χ3n) is 2.07. The SMILES string of the molecule is NC(=O)CN(CC(=O)O)C(=O)c1cc([N+](=O)[O-])c[nH]1. The smallest absolute Gasteiger partial charge is 0.323 e.